The Balaban J connectivity index is 2.34. The van der Waals surface area contributed by atoms with Crippen LogP contribution in [-0.4, -0.2) is 16.0 Å². The van der Waals surface area contributed by atoms with E-state index in [2.05, 4.69) is 24.0 Å². The molecule has 0 spiro atoms. The molecule has 0 fully saturated rings. The van der Waals surface area contributed by atoms with E-state index < -0.39 is 0 Å². The van der Waals surface area contributed by atoms with Crippen LogP contribution in [0.2, 0.25) is 0 Å². The Morgan fingerprint density at radius 3 is 3.08 bits per heavy atom. The van der Waals surface area contributed by atoms with Crippen LogP contribution in [0.25, 0.3) is 0 Å². The second-order valence-corrected chi connectivity index (χ2v) is 4.98. The van der Waals surface area contributed by atoms with Gasteiger partial charge in [0.2, 0.25) is 0 Å². The molecule has 0 aromatic carbocycles. The molecule has 1 aromatic rings. The predicted octanol–water partition coefficient (Wildman–Crippen LogP) is 2.71. The molecular formula is C10H16N2S. The van der Waals surface area contributed by atoms with Crippen LogP contribution in [0.5, 0.6) is 0 Å². The molecule has 0 amide bonds. The lowest BCUT2D eigenvalue weighted by molar-refractivity contribution is 0.800. The zero-order chi connectivity index (χ0) is 9.26. The van der Waals surface area contributed by atoms with Crippen molar-refractivity contribution in [3.05, 3.63) is 17.0 Å². The number of H-pyrrole nitrogens is 1. The van der Waals surface area contributed by atoms with Crippen molar-refractivity contribution in [2.45, 2.75) is 38.4 Å². The van der Waals surface area contributed by atoms with E-state index in [0.29, 0.717) is 5.92 Å². The lowest BCUT2D eigenvalue weighted by atomic mass is 10.0. The number of nitrogens with zero attached hydrogens (tertiary/aromatic N) is 1. The minimum absolute atomic E-state index is 0.554. The molecule has 13 heavy (non-hydrogen) atoms. The first kappa shape index (κ1) is 9.13. The summed E-state index contributed by atoms with van der Waals surface area (Å²) < 4.78 is 0. The van der Waals surface area contributed by atoms with Crippen LogP contribution >= 0.6 is 11.8 Å². The number of rotatable bonds is 1. The van der Waals surface area contributed by atoms with E-state index in [9.17, 15) is 0 Å². The summed E-state index contributed by atoms with van der Waals surface area (Å²) in [4.78, 5) is 0. The van der Waals surface area contributed by atoms with Gasteiger partial charge in [0.15, 0.2) is 0 Å². The van der Waals surface area contributed by atoms with Crippen molar-refractivity contribution in [2.24, 2.45) is 0 Å². The van der Waals surface area contributed by atoms with Gasteiger partial charge in [-0.15, -0.1) is 0 Å². The van der Waals surface area contributed by atoms with E-state index in [4.69, 9.17) is 0 Å². The third kappa shape index (κ3) is 1.75. The summed E-state index contributed by atoms with van der Waals surface area (Å²) in [5.74, 6) is 3.00. The SMILES string of the molecule is CC(C)c1n[nH]c2c1CSCCC2. The topological polar surface area (TPSA) is 28.7 Å². The van der Waals surface area contributed by atoms with Gasteiger partial charge >= 0.3 is 0 Å². The van der Waals surface area contributed by atoms with Crippen LogP contribution in [0, 0.1) is 0 Å². The first-order valence-electron chi connectivity index (χ1n) is 4.93. The number of hydrogen-bond acceptors (Lipinski definition) is 2. The van der Waals surface area contributed by atoms with Gasteiger partial charge in [-0.2, -0.15) is 16.9 Å². The second-order valence-electron chi connectivity index (χ2n) is 3.88. The van der Waals surface area contributed by atoms with Gasteiger partial charge in [0.05, 0.1) is 5.69 Å². The summed E-state index contributed by atoms with van der Waals surface area (Å²) in [6, 6.07) is 0. The van der Waals surface area contributed by atoms with E-state index in [0.717, 1.165) is 5.75 Å². The van der Waals surface area contributed by atoms with Crippen LogP contribution < -0.4 is 0 Å². The fraction of sp³-hybridized carbons (Fsp3) is 0.700. The van der Waals surface area contributed by atoms with E-state index in [1.165, 1.54) is 35.5 Å². The normalized spacial score (nSPS) is 17.2. The lowest BCUT2D eigenvalue weighted by Gasteiger charge is -2.03. The summed E-state index contributed by atoms with van der Waals surface area (Å²) in [6.45, 7) is 4.43. The van der Waals surface area contributed by atoms with Crippen molar-refractivity contribution in [3.63, 3.8) is 0 Å². The molecule has 2 rings (SSSR count). The minimum atomic E-state index is 0.554. The van der Waals surface area contributed by atoms with Crippen molar-refractivity contribution < 1.29 is 0 Å². The highest BCUT2D eigenvalue weighted by Gasteiger charge is 2.17. The van der Waals surface area contributed by atoms with E-state index >= 15 is 0 Å². The average Bonchev–Trinajstić information content (AvgIpc) is 2.36. The zero-order valence-electron chi connectivity index (χ0n) is 8.26. The number of hydrogen-bond donors (Lipinski definition) is 1. The summed E-state index contributed by atoms with van der Waals surface area (Å²) in [6.07, 6.45) is 2.47. The average molecular weight is 196 g/mol. The van der Waals surface area contributed by atoms with Crippen LogP contribution in [-0.2, 0) is 12.2 Å². The monoisotopic (exact) mass is 196 g/mol. The van der Waals surface area contributed by atoms with Crippen molar-refractivity contribution in [3.8, 4) is 0 Å². The van der Waals surface area contributed by atoms with Gasteiger partial charge < -0.3 is 0 Å². The molecular weight excluding hydrogens is 180 g/mol. The van der Waals surface area contributed by atoms with Gasteiger partial charge in [0.1, 0.15) is 0 Å². The Hall–Kier alpha value is -0.440. The molecule has 1 aliphatic heterocycles. The maximum Gasteiger partial charge on any atom is 0.0690 e. The number of fused-ring (bicyclic) bond motifs is 1. The fourth-order valence-corrected chi connectivity index (χ4v) is 2.81. The van der Waals surface area contributed by atoms with Crippen molar-refractivity contribution in [1.82, 2.24) is 10.2 Å². The van der Waals surface area contributed by atoms with Crippen molar-refractivity contribution >= 4 is 11.8 Å². The standard InChI is InChI=1S/C10H16N2S/c1-7(2)10-8-6-13-5-3-4-9(8)11-12-10/h7H,3-6H2,1-2H3,(H,11,12). The first-order valence-corrected chi connectivity index (χ1v) is 6.08. The molecule has 0 saturated carbocycles. The molecule has 0 bridgehead atoms. The molecule has 1 aliphatic rings. The molecule has 0 atom stereocenters. The van der Waals surface area contributed by atoms with Gasteiger partial charge in [0.25, 0.3) is 0 Å². The summed E-state index contributed by atoms with van der Waals surface area (Å²) in [7, 11) is 0. The molecule has 3 heteroatoms. The predicted molar refractivity (Wildman–Crippen MR) is 57.2 cm³/mol. The summed E-state index contributed by atoms with van der Waals surface area (Å²) in [5, 5.41) is 7.58. The second kappa shape index (κ2) is 3.74. The number of thioether (sulfide) groups is 1. The number of nitrogens with one attached hydrogen (secondary N) is 1. The number of aromatic nitrogens is 2. The molecule has 0 radical (unpaired) electrons. The van der Waals surface area contributed by atoms with Crippen LogP contribution in [0.4, 0.5) is 0 Å². The Morgan fingerprint density at radius 2 is 2.31 bits per heavy atom. The highest BCUT2D eigenvalue weighted by molar-refractivity contribution is 7.98. The number of aryl methyl sites for hydroxylation is 1. The van der Waals surface area contributed by atoms with Gasteiger partial charge in [-0.25, -0.2) is 0 Å². The largest absolute Gasteiger partial charge is 0.282 e. The molecule has 0 aliphatic carbocycles. The Kier molecular flexibility index (Phi) is 2.63. The summed E-state index contributed by atoms with van der Waals surface area (Å²) >= 11 is 2.03. The molecule has 2 nitrogen and oxygen atoms in total. The Morgan fingerprint density at radius 1 is 1.46 bits per heavy atom. The quantitative estimate of drug-likeness (QED) is 0.748. The van der Waals surface area contributed by atoms with Gasteiger partial charge in [-0.3, -0.25) is 5.10 Å². The first-order chi connectivity index (χ1) is 6.29. The highest BCUT2D eigenvalue weighted by atomic mass is 32.2. The summed E-state index contributed by atoms with van der Waals surface area (Å²) in [5.41, 5.74) is 4.15. The van der Waals surface area contributed by atoms with Crippen LogP contribution in [0.1, 0.15) is 43.1 Å². The number of aromatic amines is 1. The Bertz CT molecular complexity index is 291. The van der Waals surface area contributed by atoms with E-state index in [-0.39, 0.29) is 0 Å². The minimum Gasteiger partial charge on any atom is -0.282 e. The maximum atomic E-state index is 4.40. The maximum absolute atomic E-state index is 4.40. The smallest absolute Gasteiger partial charge is 0.0690 e. The van der Waals surface area contributed by atoms with Crippen LogP contribution in [0.3, 0.4) is 0 Å². The third-order valence-electron chi connectivity index (χ3n) is 2.49. The van der Waals surface area contributed by atoms with Gasteiger partial charge in [-0.05, 0) is 24.5 Å². The van der Waals surface area contributed by atoms with Crippen molar-refractivity contribution in [2.75, 3.05) is 5.75 Å². The molecule has 2 heterocycles. The Labute approximate surface area is 83.5 Å². The van der Waals surface area contributed by atoms with Gasteiger partial charge in [-0.1, -0.05) is 13.8 Å². The molecule has 1 N–H and O–H groups in total. The molecule has 0 saturated heterocycles. The van der Waals surface area contributed by atoms with Crippen molar-refractivity contribution in [1.29, 1.82) is 0 Å². The molecule has 1 aromatic heterocycles. The van der Waals surface area contributed by atoms with Crippen LogP contribution in [0.15, 0.2) is 0 Å². The van der Waals surface area contributed by atoms with Gasteiger partial charge in [0, 0.05) is 17.0 Å². The molecule has 72 valence electrons. The van der Waals surface area contributed by atoms with E-state index in [1.54, 1.807) is 0 Å². The molecule has 0 unspecified atom stereocenters. The lowest BCUT2D eigenvalue weighted by Crippen LogP contribution is -1.93. The highest BCUT2D eigenvalue weighted by Crippen LogP contribution is 2.28. The third-order valence-corrected chi connectivity index (χ3v) is 3.56. The van der Waals surface area contributed by atoms with E-state index in [1.807, 2.05) is 11.8 Å². The fourth-order valence-electron chi connectivity index (χ4n) is 1.79. The zero-order valence-corrected chi connectivity index (χ0v) is 9.08.